The van der Waals surface area contributed by atoms with Crippen molar-refractivity contribution in [2.24, 2.45) is 0 Å². The highest BCUT2D eigenvalue weighted by Crippen LogP contribution is 2.27. The van der Waals surface area contributed by atoms with Gasteiger partial charge >= 0.3 is 0 Å². The summed E-state index contributed by atoms with van der Waals surface area (Å²) in [4.78, 5) is 4.57. The van der Waals surface area contributed by atoms with E-state index in [2.05, 4.69) is 4.98 Å². The predicted octanol–water partition coefficient (Wildman–Crippen LogP) is 2.41. The molecule has 0 spiro atoms. The number of imidazole rings is 1. The highest BCUT2D eigenvalue weighted by molar-refractivity contribution is 8.13. The summed E-state index contributed by atoms with van der Waals surface area (Å²) in [5.74, 6) is 1.12. The lowest BCUT2D eigenvalue weighted by Gasteiger charge is -2.16. The normalized spacial score (nSPS) is 16.2. The van der Waals surface area contributed by atoms with Gasteiger partial charge in [-0.3, -0.25) is 0 Å². The molecule has 0 saturated heterocycles. The first-order valence-electron chi connectivity index (χ1n) is 5.89. The van der Waals surface area contributed by atoms with Crippen molar-refractivity contribution in [3.8, 4) is 0 Å². The zero-order valence-corrected chi connectivity index (χ0v) is 11.7. The van der Waals surface area contributed by atoms with Gasteiger partial charge in [0.15, 0.2) is 0 Å². The molecule has 0 radical (unpaired) electrons. The molecule has 6 heteroatoms. The topological polar surface area (TPSA) is 52.0 Å². The monoisotopic (exact) mass is 276 g/mol. The number of nitrogens with zero attached hydrogens (tertiary/aromatic N) is 2. The fraction of sp³-hybridized carbons (Fsp3) is 0.727. The molecule has 1 aliphatic heterocycles. The van der Waals surface area contributed by atoms with Crippen LogP contribution in [0, 0.1) is 0 Å². The van der Waals surface area contributed by atoms with Gasteiger partial charge in [-0.2, -0.15) is 0 Å². The molecule has 17 heavy (non-hydrogen) atoms. The van der Waals surface area contributed by atoms with Crippen molar-refractivity contribution in [2.45, 2.75) is 51.3 Å². The lowest BCUT2D eigenvalue weighted by atomic mass is 10.1. The Morgan fingerprint density at radius 2 is 2.12 bits per heavy atom. The van der Waals surface area contributed by atoms with Crippen LogP contribution in [0.2, 0.25) is 0 Å². The van der Waals surface area contributed by atoms with E-state index in [0.717, 1.165) is 43.0 Å². The Balaban J connectivity index is 2.49. The Morgan fingerprint density at radius 3 is 2.71 bits per heavy atom. The van der Waals surface area contributed by atoms with E-state index < -0.39 is 9.05 Å². The van der Waals surface area contributed by atoms with Crippen LogP contribution in [0.5, 0.6) is 0 Å². The zero-order valence-electron chi connectivity index (χ0n) is 10.1. The van der Waals surface area contributed by atoms with Gasteiger partial charge in [-0.15, -0.1) is 0 Å². The molecule has 0 aliphatic carbocycles. The number of hydrogen-bond acceptors (Lipinski definition) is 3. The van der Waals surface area contributed by atoms with Crippen LogP contribution < -0.4 is 0 Å². The third-order valence-corrected chi connectivity index (χ3v) is 4.02. The number of aromatic nitrogens is 2. The van der Waals surface area contributed by atoms with Crippen molar-refractivity contribution in [3.63, 3.8) is 0 Å². The summed E-state index contributed by atoms with van der Waals surface area (Å²) in [5, 5.41) is 0. The Kier molecular flexibility index (Phi) is 3.50. The van der Waals surface area contributed by atoms with E-state index >= 15 is 0 Å². The Morgan fingerprint density at radius 1 is 1.41 bits per heavy atom. The molecule has 0 unspecified atom stereocenters. The third kappa shape index (κ3) is 2.83. The predicted molar refractivity (Wildman–Crippen MR) is 67.7 cm³/mol. The Hall–Kier alpha value is -0.550. The maximum absolute atomic E-state index is 11.3. The molecule has 0 amide bonds. The van der Waals surface area contributed by atoms with E-state index in [9.17, 15) is 8.42 Å². The van der Waals surface area contributed by atoms with E-state index in [4.69, 9.17) is 10.7 Å². The summed E-state index contributed by atoms with van der Waals surface area (Å²) < 4.78 is 24.6. The molecule has 0 bridgehead atoms. The van der Waals surface area contributed by atoms with Gasteiger partial charge in [-0.25, -0.2) is 13.4 Å². The fourth-order valence-corrected chi connectivity index (χ4v) is 3.28. The first kappa shape index (κ1) is 12.9. The average molecular weight is 277 g/mol. The molecule has 2 rings (SSSR count). The molecule has 0 N–H and O–H groups in total. The standard InChI is InChI=1S/C11H17ClN2O2S/c1-8(2)11-9(7-17(12,15)16)14-6-4-3-5-10(14)13-11/h8H,3-7H2,1-2H3. The van der Waals surface area contributed by atoms with Gasteiger partial charge in [0.1, 0.15) is 11.6 Å². The minimum atomic E-state index is -3.53. The summed E-state index contributed by atoms with van der Waals surface area (Å²) in [6.45, 7) is 4.91. The van der Waals surface area contributed by atoms with E-state index in [1.54, 1.807) is 0 Å². The second-order valence-electron chi connectivity index (χ2n) is 4.81. The molecular formula is C11H17ClN2O2S. The quantitative estimate of drug-likeness (QED) is 0.797. The number of aryl methyl sites for hydroxylation is 1. The van der Waals surface area contributed by atoms with E-state index in [0.29, 0.717) is 0 Å². The lowest BCUT2D eigenvalue weighted by Crippen LogP contribution is -2.14. The van der Waals surface area contributed by atoms with Crippen molar-refractivity contribution in [1.82, 2.24) is 9.55 Å². The minimum Gasteiger partial charge on any atom is -0.331 e. The van der Waals surface area contributed by atoms with Crippen LogP contribution in [0.1, 0.15) is 49.8 Å². The molecule has 4 nitrogen and oxygen atoms in total. The van der Waals surface area contributed by atoms with E-state index in [1.165, 1.54) is 0 Å². The van der Waals surface area contributed by atoms with Crippen molar-refractivity contribution >= 4 is 19.7 Å². The Labute approximate surface area is 106 Å². The summed E-state index contributed by atoms with van der Waals surface area (Å²) in [6.07, 6.45) is 3.14. The molecule has 2 heterocycles. The molecular weight excluding hydrogens is 260 g/mol. The molecule has 0 atom stereocenters. The number of hydrogen-bond donors (Lipinski definition) is 0. The summed E-state index contributed by atoms with van der Waals surface area (Å²) in [6, 6.07) is 0. The zero-order chi connectivity index (χ0) is 12.6. The minimum absolute atomic E-state index is 0.116. The van der Waals surface area contributed by atoms with Gasteiger partial charge in [-0.1, -0.05) is 13.8 Å². The van der Waals surface area contributed by atoms with Gasteiger partial charge in [0.25, 0.3) is 0 Å². The smallest absolute Gasteiger partial charge is 0.238 e. The van der Waals surface area contributed by atoms with E-state index in [-0.39, 0.29) is 11.7 Å². The molecule has 1 aliphatic rings. The number of halogens is 1. The van der Waals surface area contributed by atoms with Gasteiger partial charge in [0.05, 0.1) is 11.4 Å². The molecule has 0 saturated carbocycles. The SMILES string of the molecule is CC(C)c1nc2n(c1CS(=O)(=O)Cl)CCCC2. The third-order valence-electron chi connectivity index (χ3n) is 3.07. The largest absolute Gasteiger partial charge is 0.331 e. The highest BCUT2D eigenvalue weighted by atomic mass is 35.7. The summed E-state index contributed by atoms with van der Waals surface area (Å²) in [7, 11) is 1.85. The van der Waals surface area contributed by atoms with Crippen LogP contribution in [-0.2, 0) is 27.8 Å². The van der Waals surface area contributed by atoms with Gasteiger partial charge in [-0.05, 0) is 18.8 Å². The van der Waals surface area contributed by atoms with Crippen molar-refractivity contribution in [2.75, 3.05) is 0 Å². The first-order chi connectivity index (χ1) is 7.88. The fourth-order valence-electron chi connectivity index (χ4n) is 2.34. The molecule has 1 aromatic rings. The second-order valence-corrected chi connectivity index (χ2v) is 7.58. The average Bonchev–Trinajstić information content (AvgIpc) is 2.55. The second kappa shape index (κ2) is 4.61. The van der Waals surface area contributed by atoms with Crippen molar-refractivity contribution in [3.05, 3.63) is 17.2 Å². The number of rotatable bonds is 3. The molecule has 1 aromatic heterocycles. The van der Waals surface area contributed by atoms with Crippen LogP contribution in [-0.4, -0.2) is 18.0 Å². The van der Waals surface area contributed by atoms with Crippen LogP contribution in [0.15, 0.2) is 0 Å². The maximum Gasteiger partial charge on any atom is 0.238 e. The van der Waals surface area contributed by atoms with Crippen molar-refractivity contribution < 1.29 is 8.42 Å². The first-order valence-corrected chi connectivity index (χ1v) is 8.37. The van der Waals surface area contributed by atoms with E-state index in [1.807, 2.05) is 18.4 Å². The van der Waals surface area contributed by atoms with Gasteiger partial charge in [0.2, 0.25) is 9.05 Å². The van der Waals surface area contributed by atoms with Crippen LogP contribution in [0.25, 0.3) is 0 Å². The van der Waals surface area contributed by atoms with Crippen LogP contribution in [0.3, 0.4) is 0 Å². The molecule has 0 aromatic carbocycles. The highest BCUT2D eigenvalue weighted by Gasteiger charge is 2.24. The van der Waals surface area contributed by atoms with Crippen LogP contribution >= 0.6 is 10.7 Å². The lowest BCUT2D eigenvalue weighted by molar-refractivity contribution is 0.511. The number of fused-ring (bicyclic) bond motifs is 1. The molecule has 0 fully saturated rings. The Bertz CT molecular complexity index is 520. The van der Waals surface area contributed by atoms with Gasteiger partial charge in [0, 0.05) is 23.6 Å². The van der Waals surface area contributed by atoms with Crippen LogP contribution in [0.4, 0.5) is 0 Å². The van der Waals surface area contributed by atoms with Crippen molar-refractivity contribution in [1.29, 1.82) is 0 Å². The molecule has 96 valence electrons. The maximum atomic E-state index is 11.3. The summed E-state index contributed by atoms with van der Waals surface area (Å²) >= 11 is 0. The van der Waals surface area contributed by atoms with Gasteiger partial charge < -0.3 is 4.57 Å². The summed E-state index contributed by atoms with van der Waals surface area (Å²) in [5.41, 5.74) is 1.66.